The molecule has 1 amide bonds. The molecule has 0 bridgehead atoms. The Morgan fingerprint density at radius 3 is 2.75 bits per heavy atom. The van der Waals surface area contributed by atoms with Gasteiger partial charge in [-0.15, -0.1) is 0 Å². The Morgan fingerprint density at radius 1 is 1.83 bits per heavy atom. The van der Waals surface area contributed by atoms with Crippen LogP contribution in [0.15, 0.2) is 0 Å². The number of carbonyl (C=O) groups is 1. The average Bonchev–Trinajstić information content (AvgIpc) is 2.69. The first-order valence-corrected chi connectivity index (χ1v) is 3.81. The van der Waals surface area contributed by atoms with Crippen molar-refractivity contribution in [1.82, 2.24) is 4.90 Å². The third kappa shape index (κ3) is 2.09. The van der Waals surface area contributed by atoms with Gasteiger partial charge in [0, 0.05) is 13.7 Å². The predicted octanol–water partition coefficient (Wildman–Crippen LogP) is 0.359. The zero-order valence-electron chi connectivity index (χ0n) is 7.24. The van der Waals surface area contributed by atoms with Crippen molar-refractivity contribution in [3.05, 3.63) is 0 Å². The molecule has 1 N–H and O–H groups in total. The van der Waals surface area contributed by atoms with E-state index in [1.54, 1.807) is 0 Å². The Kier molecular flexibility index (Phi) is 2.54. The maximum atomic E-state index is 10.4. The van der Waals surface area contributed by atoms with Gasteiger partial charge in [0.2, 0.25) is 5.79 Å². The van der Waals surface area contributed by atoms with Gasteiger partial charge < -0.3 is 19.5 Å². The van der Waals surface area contributed by atoms with E-state index in [0.29, 0.717) is 13.2 Å². The summed E-state index contributed by atoms with van der Waals surface area (Å²) in [6.45, 7) is 3.15. The van der Waals surface area contributed by atoms with Crippen molar-refractivity contribution >= 4 is 6.09 Å². The summed E-state index contributed by atoms with van der Waals surface area (Å²) in [7, 11) is 1.49. The van der Waals surface area contributed by atoms with E-state index in [-0.39, 0.29) is 6.54 Å². The number of likely N-dealkylation sites (N-methyl/N-ethyl adjacent to an activating group) is 1. The Hall–Kier alpha value is -0.810. The van der Waals surface area contributed by atoms with E-state index < -0.39 is 11.9 Å². The summed E-state index contributed by atoms with van der Waals surface area (Å²) in [6.07, 6.45) is -0.968. The maximum Gasteiger partial charge on any atom is 0.407 e. The lowest BCUT2D eigenvalue weighted by atomic mass is 10.4. The molecular formula is C7H13NO4. The molecule has 1 atom stereocenters. The molecule has 5 nitrogen and oxygen atoms in total. The Balaban J connectivity index is 2.34. The summed E-state index contributed by atoms with van der Waals surface area (Å²) < 4.78 is 10.3. The number of ether oxygens (including phenoxy) is 2. The van der Waals surface area contributed by atoms with E-state index in [9.17, 15) is 4.79 Å². The Bertz CT molecular complexity index is 178. The topological polar surface area (TPSA) is 62.3 Å². The van der Waals surface area contributed by atoms with Crippen LogP contribution in [0.5, 0.6) is 0 Å². The van der Waals surface area contributed by atoms with E-state index in [2.05, 4.69) is 0 Å². The number of hydrogen-bond acceptors (Lipinski definition) is 3. The van der Waals surface area contributed by atoms with Gasteiger partial charge in [-0.1, -0.05) is 0 Å². The third-order valence-corrected chi connectivity index (χ3v) is 1.68. The van der Waals surface area contributed by atoms with Crippen LogP contribution >= 0.6 is 0 Å². The second-order valence-corrected chi connectivity index (χ2v) is 2.77. The predicted molar refractivity (Wildman–Crippen MR) is 41.0 cm³/mol. The van der Waals surface area contributed by atoms with E-state index in [1.165, 1.54) is 7.05 Å². The molecule has 1 rings (SSSR count). The standard InChI is InChI=1S/C7H13NO4/c1-3-11-7(5-12-7)4-8(2)6(9)10/h3-5H2,1-2H3,(H,9,10). The minimum Gasteiger partial charge on any atom is -0.465 e. The average molecular weight is 175 g/mol. The van der Waals surface area contributed by atoms with Crippen LogP contribution in [0.3, 0.4) is 0 Å². The van der Waals surface area contributed by atoms with Crippen LogP contribution in [0.1, 0.15) is 6.92 Å². The van der Waals surface area contributed by atoms with Crippen LogP contribution in [-0.2, 0) is 9.47 Å². The molecule has 1 fully saturated rings. The van der Waals surface area contributed by atoms with Crippen LogP contribution in [0.2, 0.25) is 0 Å². The smallest absolute Gasteiger partial charge is 0.407 e. The van der Waals surface area contributed by atoms with Gasteiger partial charge in [-0.2, -0.15) is 0 Å². The number of carboxylic acid groups (broad SMARTS) is 1. The summed E-state index contributed by atoms with van der Waals surface area (Å²) in [5.41, 5.74) is 0. The molecule has 1 unspecified atom stereocenters. The molecule has 1 saturated heterocycles. The fourth-order valence-corrected chi connectivity index (χ4v) is 0.993. The zero-order valence-corrected chi connectivity index (χ0v) is 7.24. The number of amides is 1. The SMILES string of the molecule is CCOC1(CN(C)C(=O)O)CO1. The van der Waals surface area contributed by atoms with Crippen molar-refractivity contribution in [2.24, 2.45) is 0 Å². The number of hydrogen-bond donors (Lipinski definition) is 1. The van der Waals surface area contributed by atoms with Crippen LogP contribution in [0.4, 0.5) is 4.79 Å². The first kappa shape index (κ1) is 9.28. The highest BCUT2D eigenvalue weighted by molar-refractivity contribution is 5.64. The Labute approximate surface area is 70.9 Å². The van der Waals surface area contributed by atoms with E-state index in [1.807, 2.05) is 6.92 Å². The molecule has 0 aromatic rings. The lowest BCUT2D eigenvalue weighted by Crippen LogP contribution is -2.37. The highest BCUT2D eigenvalue weighted by atomic mass is 16.8. The van der Waals surface area contributed by atoms with Gasteiger partial charge >= 0.3 is 6.09 Å². The van der Waals surface area contributed by atoms with Gasteiger partial charge in [-0.3, -0.25) is 0 Å². The van der Waals surface area contributed by atoms with Crippen LogP contribution in [0, 0.1) is 0 Å². The molecule has 0 aliphatic carbocycles. The lowest BCUT2D eigenvalue weighted by molar-refractivity contribution is -0.0509. The van der Waals surface area contributed by atoms with E-state index in [4.69, 9.17) is 14.6 Å². The number of rotatable bonds is 4. The molecule has 1 aliphatic heterocycles. The van der Waals surface area contributed by atoms with Gasteiger partial charge in [-0.25, -0.2) is 4.79 Å². The number of epoxide rings is 1. The molecular weight excluding hydrogens is 162 g/mol. The molecule has 12 heavy (non-hydrogen) atoms. The van der Waals surface area contributed by atoms with E-state index in [0.717, 1.165) is 4.90 Å². The van der Waals surface area contributed by atoms with Crippen LogP contribution < -0.4 is 0 Å². The fourth-order valence-electron chi connectivity index (χ4n) is 0.993. The van der Waals surface area contributed by atoms with E-state index >= 15 is 0 Å². The molecule has 1 aliphatic rings. The van der Waals surface area contributed by atoms with Gasteiger partial charge in [0.1, 0.15) is 6.61 Å². The molecule has 0 aromatic heterocycles. The molecule has 0 saturated carbocycles. The minimum atomic E-state index is -0.968. The van der Waals surface area contributed by atoms with Gasteiger partial charge in [0.15, 0.2) is 0 Å². The quantitative estimate of drug-likeness (QED) is 0.626. The highest BCUT2D eigenvalue weighted by Gasteiger charge is 2.47. The molecule has 5 heteroatoms. The zero-order chi connectivity index (χ0) is 9.19. The summed E-state index contributed by atoms with van der Waals surface area (Å²) in [5.74, 6) is -0.651. The van der Waals surface area contributed by atoms with Gasteiger partial charge in [0.05, 0.1) is 6.54 Å². The second kappa shape index (κ2) is 3.28. The van der Waals surface area contributed by atoms with Gasteiger partial charge in [0.25, 0.3) is 0 Å². The van der Waals surface area contributed by atoms with Crippen molar-refractivity contribution < 1.29 is 19.4 Å². The maximum absolute atomic E-state index is 10.4. The second-order valence-electron chi connectivity index (χ2n) is 2.77. The normalized spacial score (nSPS) is 26.8. The molecule has 0 spiro atoms. The summed E-state index contributed by atoms with van der Waals surface area (Å²) in [6, 6.07) is 0. The lowest BCUT2D eigenvalue weighted by Gasteiger charge is -2.18. The van der Waals surface area contributed by atoms with Crippen LogP contribution in [0.25, 0.3) is 0 Å². The largest absolute Gasteiger partial charge is 0.465 e. The first-order chi connectivity index (χ1) is 5.59. The Morgan fingerprint density at radius 2 is 2.42 bits per heavy atom. The molecule has 70 valence electrons. The summed E-state index contributed by atoms with van der Waals surface area (Å²) >= 11 is 0. The van der Waals surface area contributed by atoms with Crippen molar-refractivity contribution in [2.45, 2.75) is 12.7 Å². The number of nitrogens with zero attached hydrogens (tertiary/aromatic N) is 1. The molecule has 0 radical (unpaired) electrons. The first-order valence-electron chi connectivity index (χ1n) is 3.81. The summed E-state index contributed by atoms with van der Waals surface area (Å²) in [4.78, 5) is 11.6. The van der Waals surface area contributed by atoms with Crippen LogP contribution in [-0.4, -0.2) is 48.7 Å². The fraction of sp³-hybridized carbons (Fsp3) is 0.857. The summed E-state index contributed by atoms with van der Waals surface area (Å²) in [5, 5.41) is 8.56. The monoisotopic (exact) mass is 175 g/mol. The van der Waals surface area contributed by atoms with Crippen molar-refractivity contribution in [1.29, 1.82) is 0 Å². The minimum absolute atomic E-state index is 0.274. The van der Waals surface area contributed by atoms with Gasteiger partial charge in [-0.05, 0) is 6.92 Å². The molecule has 0 aromatic carbocycles. The van der Waals surface area contributed by atoms with Crippen molar-refractivity contribution in [3.63, 3.8) is 0 Å². The third-order valence-electron chi connectivity index (χ3n) is 1.68. The van der Waals surface area contributed by atoms with Crippen molar-refractivity contribution in [2.75, 3.05) is 26.8 Å². The highest BCUT2D eigenvalue weighted by Crippen LogP contribution is 2.28. The van der Waals surface area contributed by atoms with Crippen molar-refractivity contribution in [3.8, 4) is 0 Å². The molecule has 1 heterocycles.